The molecule has 0 aliphatic heterocycles. The highest BCUT2D eigenvalue weighted by Crippen LogP contribution is 2.08. The zero-order valence-corrected chi connectivity index (χ0v) is 7.33. The van der Waals surface area contributed by atoms with E-state index in [-0.39, 0.29) is 12.3 Å². The number of oxazole rings is 1. The van der Waals surface area contributed by atoms with Gasteiger partial charge in [-0.05, 0) is 13.8 Å². The molecule has 0 atom stereocenters. The second kappa shape index (κ2) is 3.38. The molecule has 5 nitrogen and oxygen atoms in total. The first kappa shape index (κ1) is 9.44. The summed E-state index contributed by atoms with van der Waals surface area (Å²) in [6, 6.07) is 0. The Labute approximate surface area is 74.4 Å². The predicted octanol–water partition coefficient (Wildman–Crippen LogP) is 0.488. The number of aliphatic carboxylic acids is 1. The van der Waals surface area contributed by atoms with E-state index >= 15 is 0 Å². The highest BCUT2D eigenvalue weighted by molar-refractivity contribution is 6.33. The first-order valence-electron chi connectivity index (χ1n) is 3.69. The van der Waals surface area contributed by atoms with Crippen molar-refractivity contribution in [1.82, 2.24) is 4.98 Å². The van der Waals surface area contributed by atoms with Crippen LogP contribution in [0, 0.1) is 13.8 Å². The summed E-state index contributed by atoms with van der Waals surface area (Å²) in [6.07, 6.45) is -0.288. The minimum atomic E-state index is -1.46. The molecule has 0 amide bonds. The number of carbonyl (C=O) groups is 2. The van der Waals surface area contributed by atoms with Crippen molar-refractivity contribution in [2.24, 2.45) is 0 Å². The average molecular weight is 183 g/mol. The van der Waals surface area contributed by atoms with Gasteiger partial charge in [-0.1, -0.05) is 0 Å². The van der Waals surface area contributed by atoms with Gasteiger partial charge in [-0.15, -0.1) is 0 Å². The molecule has 0 unspecified atom stereocenters. The molecule has 0 spiro atoms. The van der Waals surface area contributed by atoms with E-state index in [0.717, 1.165) is 0 Å². The Morgan fingerprint density at radius 2 is 2.08 bits per heavy atom. The molecule has 13 heavy (non-hydrogen) atoms. The van der Waals surface area contributed by atoms with Crippen molar-refractivity contribution in [2.45, 2.75) is 20.3 Å². The molecule has 0 aliphatic rings. The molecule has 1 heterocycles. The highest BCUT2D eigenvalue weighted by atomic mass is 16.4. The lowest BCUT2D eigenvalue weighted by molar-refractivity contribution is -0.148. The van der Waals surface area contributed by atoms with Crippen LogP contribution in [0.15, 0.2) is 4.42 Å². The molecule has 1 aromatic heterocycles. The smallest absolute Gasteiger partial charge is 0.372 e. The molecule has 70 valence electrons. The SMILES string of the molecule is Cc1nc(CC(=O)C(=O)O)oc1C. The largest absolute Gasteiger partial charge is 0.475 e. The third-order valence-corrected chi connectivity index (χ3v) is 1.62. The molecule has 0 aromatic carbocycles. The molecule has 0 saturated carbocycles. The van der Waals surface area contributed by atoms with Crippen molar-refractivity contribution in [3.63, 3.8) is 0 Å². The van der Waals surface area contributed by atoms with Crippen molar-refractivity contribution in [1.29, 1.82) is 0 Å². The highest BCUT2D eigenvalue weighted by Gasteiger charge is 2.16. The Morgan fingerprint density at radius 3 is 2.46 bits per heavy atom. The van der Waals surface area contributed by atoms with Crippen LogP contribution in [0.25, 0.3) is 0 Å². The van der Waals surface area contributed by atoms with E-state index in [9.17, 15) is 9.59 Å². The van der Waals surface area contributed by atoms with Crippen molar-refractivity contribution >= 4 is 11.8 Å². The van der Waals surface area contributed by atoms with Crippen LogP contribution in [0.1, 0.15) is 17.3 Å². The Morgan fingerprint density at radius 1 is 1.46 bits per heavy atom. The van der Waals surface area contributed by atoms with Gasteiger partial charge < -0.3 is 9.52 Å². The number of ketones is 1. The molecule has 0 fully saturated rings. The lowest BCUT2D eigenvalue weighted by Gasteiger charge is -1.88. The van der Waals surface area contributed by atoms with Crippen molar-refractivity contribution in [2.75, 3.05) is 0 Å². The van der Waals surface area contributed by atoms with Gasteiger partial charge in [0.2, 0.25) is 11.7 Å². The zero-order valence-electron chi connectivity index (χ0n) is 7.33. The maximum absolute atomic E-state index is 10.7. The second-order valence-corrected chi connectivity index (χ2v) is 2.65. The fraction of sp³-hybridized carbons (Fsp3) is 0.375. The number of hydrogen-bond acceptors (Lipinski definition) is 4. The molecule has 1 rings (SSSR count). The first-order valence-corrected chi connectivity index (χ1v) is 3.69. The maximum atomic E-state index is 10.7. The summed E-state index contributed by atoms with van der Waals surface area (Å²) in [5.41, 5.74) is 0.674. The summed E-state index contributed by atoms with van der Waals surface area (Å²) in [5.74, 6) is -1.62. The number of carbonyl (C=O) groups excluding carboxylic acids is 1. The third kappa shape index (κ3) is 2.14. The summed E-state index contributed by atoms with van der Waals surface area (Å²) in [6.45, 7) is 3.44. The monoisotopic (exact) mass is 183 g/mol. The van der Waals surface area contributed by atoms with E-state index in [4.69, 9.17) is 9.52 Å². The van der Waals surface area contributed by atoms with E-state index in [1.165, 1.54) is 0 Å². The Kier molecular flexibility index (Phi) is 2.46. The molecule has 0 bridgehead atoms. The van der Waals surface area contributed by atoms with Crippen LogP contribution in [0.3, 0.4) is 0 Å². The number of carboxylic acid groups (broad SMARTS) is 1. The quantitative estimate of drug-likeness (QED) is 0.689. The minimum Gasteiger partial charge on any atom is -0.475 e. The van der Waals surface area contributed by atoms with Gasteiger partial charge in [0.15, 0.2) is 0 Å². The standard InChI is InChI=1S/C8H9NO4/c1-4-5(2)13-7(9-4)3-6(10)8(11)12/h3H2,1-2H3,(H,11,12). The summed E-state index contributed by atoms with van der Waals surface area (Å²) in [7, 11) is 0. The maximum Gasteiger partial charge on any atom is 0.372 e. The Balaban J connectivity index is 2.75. The zero-order chi connectivity index (χ0) is 10.0. The summed E-state index contributed by atoms with van der Waals surface area (Å²) < 4.78 is 5.04. The number of nitrogens with zero attached hydrogens (tertiary/aromatic N) is 1. The van der Waals surface area contributed by atoms with Gasteiger partial charge in [0.1, 0.15) is 5.76 Å². The molecular weight excluding hydrogens is 174 g/mol. The molecule has 0 aliphatic carbocycles. The third-order valence-electron chi connectivity index (χ3n) is 1.62. The van der Waals surface area contributed by atoms with Crippen molar-refractivity contribution in [3.8, 4) is 0 Å². The summed E-state index contributed by atoms with van der Waals surface area (Å²) >= 11 is 0. The molecule has 5 heteroatoms. The lowest BCUT2D eigenvalue weighted by Crippen LogP contribution is -2.15. The van der Waals surface area contributed by atoms with Gasteiger partial charge in [-0.3, -0.25) is 4.79 Å². The average Bonchev–Trinajstić information content (AvgIpc) is 2.31. The minimum absolute atomic E-state index is 0.155. The Bertz CT molecular complexity index is 334. The van der Waals surface area contributed by atoms with Gasteiger partial charge in [0, 0.05) is 0 Å². The van der Waals surface area contributed by atoms with Crippen LogP contribution in [-0.2, 0) is 16.0 Å². The number of aromatic nitrogens is 1. The number of Topliss-reactive ketones (excluding diaryl/α,β-unsaturated/α-hetero) is 1. The number of aryl methyl sites for hydroxylation is 2. The first-order chi connectivity index (χ1) is 6.00. The van der Waals surface area contributed by atoms with E-state index in [1.54, 1.807) is 13.8 Å². The molecule has 1 aromatic rings. The van der Waals surface area contributed by atoms with Gasteiger partial charge in [-0.2, -0.15) is 0 Å². The number of rotatable bonds is 3. The van der Waals surface area contributed by atoms with Gasteiger partial charge in [0.05, 0.1) is 12.1 Å². The van der Waals surface area contributed by atoms with Crippen molar-refractivity contribution < 1.29 is 19.1 Å². The van der Waals surface area contributed by atoms with Crippen LogP contribution < -0.4 is 0 Å². The van der Waals surface area contributed by atoms with Crippen LogP contribution in [0.4, 0.5) is 0 Å². The lowest BCUT2D eigenvalue weighted by atomic mass is 10.3. The van der Waals surface area contributed by atoms with Gasteiger partial charge in [-0.25, -0.2) is 9.78 Å². The molecule has 1 N–H and O–H groups in total. The fourth-order valence-corrected chi connectivity index (χ4v) is 0.828. The fourth-order valence-electron chi connectivity index (χ4n) is 0.828. The van der Waals surface area contributed by atoms with Crippen LogP contribution >= 0.6 is 0 Å². The number of carboxylic acids is 1. The van der Waals surface area contributed by atoms with Crippen LogP contribution in [-0.4, -0.2) is 21.8 Å². The Hall–Kier alpha value is -1.65. The molecular formula is C8H9NO4. The molecule has 0 saturated heterocycles. The van der Waals surface area contributed by atoms with Crippen molar-refractivity contribution in [3.05, 3.63) is 17.3 Å². The van der Waals surface area contributed by atoms with Gasteiger partial charge >= 0.3 is 5.97 Å². The summed E-state index contributed by atoms with van der Waals surface area (Å²) in [4.78, 5) is 24.8. The van der Waals surface area contributed by atoms with Crippen LogP contribution in [0.5, 0.6) is 0 Å². The van der Waals surface area contributed by atoms with E-state index in [2.05, 4.69) is 4.98 Å². The topological polar surface area (TPSA) is 80.4 Å². The van der Waals surface area contributed by atoms with E-state index in [1.807, 2.05) is 0 Å². The second-order valence-electron chi connectivity index (χ2n) is 2.65. The van der Waals surface area contributed by atoms with Crippen LogP contribution in [0.2, 0.25) is 0 Å². The van der Waals surface area contributed by atoms with Gasteiger partial charge in [0.25, 0.3) is 0 Å². The predicted molar refractivity (Wildman–Crippen MR) is 42.3 cm³/mol. The molecule has 0 radical (unpaired) electrons. The number of hydrogen-bond donors (Lipinski definition) is 1. The van der Waals surface area contributed by atoms with E-state index < -0.39 is 11.8 Å². The normalized spacial score (nSPS) is 10.0. The summed E-state index contributed by atoms with van der Waals surface area (Å²) in [5, 5.41) is 8.30. The van der Waals surface area contributed by atoms with E-state index in [0.29, 0.717) is 11.5 Å².